The van der Waals surface area contributed by atoms with Crippen LogP contribution in [0.25, 0.3) is 0 Å². The molecule has 2 heterocycles. The molecule has 0 spiro atoms. The minimum Gasteiger partial charge on any atom is -0.481 e. The molecule has 6 heteroatoms. The van der Waals surface area contributed by atoms with Crippen LogP contribution in [0, 0.1) is 6.92 Å². The first-order valence-corrected chi connectivity index (χ1v) is 9.78. The van der Waals surface area contributed by atoms with E-state index in [4.69, 9.17) is 5.11 Å². The van der Waals surface area contributed by atoms with Gasteiger partial charge < -0.3 is 10.0 Å². The normalized spacial score (nSPS) is 16.4. The monoisotopic (exact) mass is 372 g/mol. The summed E-state index contributed by atoms with van der Waals surface area (Å²) in [7, 11) is 0. The van der Waals surface area contributed by atoms with Crippen LogP contribution in [0.5, 0.6) is 0 Å². The first-order valence-electron chi connectivity index (χ1n) is 8.90. The Morgan fingerprint density at radius 2 is 1.81 bits per heavy atom. The zero-order valence-electron chi connectivity index (χ0n) is 14.9. The molecule has 1 aromatic carbocycles. The maximum Gasteiger partial charge on any atom is 0.303 e. The number of benzene rings is 1. The van der Waals surface area contributed by atoms with E-state index in [1.165, 1.54) is 16.9 Å². The second-order valence-electron chi connectivity index (χ2n) is 6.66. The summed E-state index contributed by atoms with van der Waals surface area (Å²) in [6.07, 6.45) is 0.726. The SMILES string of the molecule is Cc1ccc([C@H](CCC(=O)O)N2CCN(C(=O)c3cccs3)CC2)cc1. The van der Waals surface area contributed by atoms with Crippen molar-refractivity contribution in [3.8, 4) is 0 Å². The quantitative estimate of drug-likeness (QED) is 0.844. The summed E-state index contributed by atoms with van der Waals surface area (Å²) in [5, 5.41) is 11.0. The third-order valence-corrected chi connectivity index (χ3v) is 5.73. The predicted molar refractivity (Wildman–Crippen MR) is 103 cm³/mol. The van der Waals surface area contributed by atoms with Gasteiger partial charge in [-0.2, -0.15) is 0 Å². The van der Waals surface area contributed by atoms with E-state index >= 15 is 0 Å². The van der Waals surface area contributed by atoms with Crippen molar-refractivity contribution in [2.75, 3.05) is 26.2 Å². The Morgan fingerprint density at radius 3 is 2.38 bits per heavy atom. The van der Waals surface area contributed by atoms with Gasteiger partial charge in [0.05, 0.1) is 4.88 Å². The summed E-state index contributed by atoms with van der Waals surface area (Å²) in [6.45, 7) is 4.91. The minimum atomic E-state index is -0.770. The molecule has 1 amide bonds. The minimum absolute atomic E-state index is 0.0747. The predicted octanol–water partition coefficient (Wildman–Crippen LogP) is 3.42. The first-order chi connectivity index (χ1) is 12.5. The zero-order chi connectivity index (χ0) is 18.5. The van der Waals surface area contributed by atoms with Gasteiger partial charge in [-0.05, 0) is 30.4 Å². The molecular weight excluding hydrogens is 348 g/mol. The molecule has 0 radical (unpaired) electrons. The number of carbonyl (C=O) groups is 2. The van der Waals surface area contributed by atoms with E-state index in [1.54, 1.807) is 0 Å². The van der Waals surface area contributed by atoms with E-state index in [0.29, 0.717) is 19.5 Å². The van der Waals surface area contributed by atoms with Crippen LogP contribution in [0.2, 0.25) is 0 Å². The summed E-state index contributed by atoms with van der Waals surface area (Å²) < 4.78 is 0. The van der Waals surface area contributed by atoms with Gasteiger partial charge in [-0.25, -0.2) is 0 Å². The lowest BCUT2D eigenvalue weighted by Gasteiger charge is -2.39. The fourth-order valence-corrected chi connectivity index (χ4v) is 4.09. The molecule has 26 heavy (non-hydrogen) atoms. The number of aliphatic carboxylic acids is 1. The Bertz CT molecular complexity index is 735. The van der Waals surface area contributed by atoms with Gasteiger partial charge in [0.1, 0.15) is 0 Å². The molecule has 1 atom stereocenters. The lowest BCUT2D eigenvalue weighted by atomic mass is 9.98. The van der Waals surface area contributed by atoms with Crippen LogP contribution in [0.3, 0.4) is 0 Å². The van der Waals surface area contributed by atoms with Gasteiger partial charge in [0.25, 0.3) is 5.91 Å². The number of carbonyl (C=O) groups excluding carboxylic acids is 1. The van der Waals surface area contributed by atoms with Crippen molar-refractivity contribution in [1.82, 2.24) is 9.80 Å². The Hall–Kier alpha value is -2.18. The van der Waals surface area contributed by atoms with Crippen LogP contribution < -0.4 is 0 Å². The number of hydrogen-bond acceptors (Lipinski definition) is 4. The summed E-state index contributed by atoms with van der Waals surface area (Å²) in [6, 6.07) is 12.1. The Balaban J connectivity index is 1.67. The number of carboxylic acid groups (broad SMARTS) is 1. The molecule has 1 N–H and O–H groups in total. The molecule has 5 nitrogen and oxygen atoms in total. The van der Waals surface area contributed by atoms with Crippen molar-refractivity contribution in [1.29, 1.82) is 0 Å². The van der Waals surface area contributed by atoms with E-state index in [0.717, 1.165) is 23.5 Å². The van der Waals surface area contributed by atoms with Gasteiger partial charge >= 0.3 is 5.97 Å². The molecular formula is C20H24N2O3S. The van der Waals surface area contributed by atoms with Gasteiger partial charge in [-0.1, -0.05) is 35.9 Å². The molecule has 1 fully saturated rings. The number of thiophene rings is 1. The number of amides is 1. The maximum atomic E-state index is 12.5. The Labute approximate surface area is 157 Å². The third-order valence-electron chi connectivity index (χ3n) is 4.87. The van der Waals surface area contributed by atoms with Crippen molar-refractivity contribution in [3.05, 3.63) is 57.8 Å². The molecule has 1 aromatic heterocycles. The van der Waals surface area contributed by atoms with Crippen LogP contribution in [-0.4, -0.2) is 53.0 Å². The van der Waals surface area contributed by atoms with E-state index in [9.17, 15) is 9.59 Å². The zero-order valence-corrected chi connectivity index (χ0v) is 15.7. The van der Waals surface area contributed by atoms with Crippen molar-refractivity contribution < 1.29 is 14.7 Å². The summed E-state index contributed by atoms with van der Waals surface area (Å²) >= 11 is 1.47. The largest absolute Gasteiger partial charge is 0.481 e. The number of aryl methyl sites for hydroxylation is 1. The van der Waals surface area contributed by atoms with Crippen LogP contribution in [0.1, 0.15) is 39.7 Å². The summed E-state index contributed by atoms with van der Waals surface area (Å²) in [4.78, 5) is 28.6. The second-order valence-corrected chi connectivity index (χ2v) is 7.61. The highest BCUT2D eigenvalue weighted by molar-refractivity contribution is 7.12. The average Bonchev–Trinajstić information content (AvgIpc) is 3.18. The van der Waals surface area contributed by atoms with Crippen LogP contribution >= 0.6 is 11.3 Å². The van der Waals surface area contributed by atoms with Crippen molar-refractivity contribution in [2.45, 2.75) is 25.8 Å². The van der Waals surface area contributed by atoms with E-state index in [1.807, 2.05) is 29.3 Å². The number of hydrogen-bond donors (Lipinski definition) is 1. The number of carboxylic acids is 1. The average molecular weight is 372 g/mol. The molecule has 1 saturated heterocycles. The fraction of sp³-hybridized carbons (Fsp3) is 0.400. The van der Waals surface area contributed by atoms with E-state index < -0.39 is 5.97 Å². The second kappa shape index (κ2) is 8.47. The van der Waals surface area contributed by atoms with Crippen molar-refractivity contribution in [3.63, 3.8) is 0 Å². The summed E-state index contributed by atoms with van der Waals surface area (Å²) in [5.41, 5.74) is 2.34. The van der Waals surface area contributed by atoms with Crippen LogP contribution in [0.4, 0.5) is 0 Å². The molecule has 1 aliphatic rings. The highest BCUT2D eigenvalue weighted by Crippen LogP contribution is 2.28. The third kappa shape index (κ3) is 4.51. The standard InChI is InChI=1S/C20H24N2O3S/c1-15-4-6-16(7-5-15)17(8-9-19(23)24)21-10-12-22(13-11-21)20(25)18-3-2-14-26-18/h2-7,14,17H,8-13H2,1H3,(H,23,24)/t17-/m0/s1. The number of piperazine rings is 1. The van der Waals surface area contributed by atoms with Crippen LogP contribution in [0.15, 0.2) is 41.8 Å². The van der Waals surface area contributed by atoms with Crippen LogP contribution in [-0.2, 0) is 4.79 Å². The van der Waals surface area contributed by atoms with Gasteiger partial charge in [-0.3, -0.25) is 14.5 Å². The number of nitrogens with zero attached hydrogens (tertiary/aromatic N) is 2. The molecule has 0 unspecified atom stereocenters. The molecule has 0 aliphatic carbocycles. The van der Waals surface area contributed by atoms with Gasteiger partial charge in [0, 0.05) is 38.6 Å². The highest BCUT2D eigenvalue weighted by Gasteiger charge is 2.28. The first kappa shape index (κ1) is 18.6. The highest BCUT2D eigenvalue weighted by atomic mass is 32.1. The number of rotatable bonds is 6. The van der Waals surface area contributed by atoms with E-state index in [-0.39, 0.29) is 18.4 Å². The molecule has 2 aromatic rings. The molecule has 0 saturated carbocycles. The maximum absolute atomic E-state index is 12.5. The molecule has 138 valence electrons. The Morgan fingerprint density at radius 1 is 1.12 bits per heavy atom. The lowest BCUT2D eigenvalue weighted by molar-refractivity contribution is -0.137. The molecule has 1 aliphatic heterocycles. The van der Waals surface area contributed by atoms with Crippen molar-refractivity contribution >= 4 is 23.2 Å². The summed E-state index contributed by atoms with van der Waals surface area (Å²) in [5.74, 6) is -0.675. The molecule has 3 rings (SSSR count). The topological polar surface area (TPSA) is 60.9 Å². The van der Waals surface area contributed by atoms with Gasteiger partial charge in [0.15, 0.2) is 0 Å². The van der Waals surface area contributed by atoms with Crippen molar-refractivity contribution in [2.24, 2.45) is 0 Å². The van der Waals surface area contributed by atoms with Gasteiger partial charge in [0.2, 0.25) is 0 Å². The van der Waals surface area contributed by atoms with Gasteiger partial charge in [-0.15, -0.1) is 11.3 Å². The van der Waals surface area contributed by atoms with E-state index in [2.05, 4.69) is 29.2 Å². The smallest absolute Gasteiger partial charge is 0.303 e. The Kier molecular flexibility index (Phi) is 6.06. The lowest BCUT2D eigenvalue weighted by Crippen LogP contribution is -2.49. The fourth-order valence-electron chi connectivity index (χ4n) is 3.40. The molecule has 0 bridgehead atoms.